The lowest BCUT2D eigenvalue weighted by atomic mass is 10.2. The van der Waals surface area contributed by atoms with E-state index in [2.05, 4.69) is 15.4 Å². The van der Waals surface area contributed by atoms with Gasteiger partial charge in [-0.1, -0.05) is 19.1 Å². The first-order valence-electron chi connectivity index (χ1n) is 6.14. The molecule has 1 amide bonds. The molecule has 6 nitrogen and oxygen atoms in total. The Bertz CT molecular complexity index is 508. The van der Waals surface area contributed by atoms with Gasteiger partial charge in [0.25, 0.3) is 0 Å². The Kier molecular flexibility index (Phi) is 4.49. The first-order chi connectivity index (χ1) is 9.29. The first-order valence-corrected chi connectivity index (χ1v) is 6.14. The lowest BCUT2D eigenvalue weighted by molar-refractivity contribution is 0.146. The number of hydrogen-bond donors (Lipinski definition) is 1. The van der Waals surface area contributed by atoms with Crippen LogP contribution in [0.5, 0.6) is 0 Å². The number of amides is 1. The second-order valence-electron chi connectivity index (χ2n) is 4.00. The van der Waals surface area contributed by atoms with Crippen LogP contribution in [0.4, 0.5) is 4.79 Å². The van der Waals surface area contributed by atoms with Gasteiger partial charge in [-0.3, -0.25) is 0 Å². The average molecular weight is 260 g/mol. The maximum atomic E-state index is 11.3. The number of nitrogens with one attached hydrogen (secondary N) is 1. The molecule has 6 heteroatoms. The standard InChI is InChI=1S/C13H16N4O2/c1-2-7-19-13(18)15-8-11-3-5-12(6-4-11)17-10-14-9-16-17/h3-6,9-10H,2,7-8H2,1H3,(H,15,18). The van der Waals surface area contributed by atoms with Crippen LogP contribution in [0.3, 0.4) is 0 Å². The van der Waals surface area contributed by atoms with Crippen molar-refractivity contribution in [1.29, 1.82) is 0 Å². The minimum atomic E-state index is -0.387. The summed E-state index contributed by atoms with van der Waals surface area (Å²) in [6, 6.07) is 7.69. The third-order valence-electron chi connectivity index (χ3n) is 2.49. The summed E-state index contributed by atoms with van der Waals surface area (Å²) < 4.78 is 6.60. The maximum absolute atomic E-state index is 11.3. The SMILES string of the molecule is CCCOC(=O)NCc1ccc(-n2cncn2)cc1. The highest BCUT2D eigenvalue weighted by molar-refractivity contribution is 5.67. The summed E-state index contributed by atoms with van der Waals surface area (Å²) in [5.74, 6) is 0. The zero-order valence-electron chi connectivity index (χ0n) is 10.7. The van der Waals surface area contributed by atoms with Gasteiger partial charge in [0.05, 0.1) is 12.3 Å². The minimum Gasteiger partial charge on any atom is -0.450 e. The van der Waals surface area contributed by atoms with Crippen LogP contribution < -0.4 is 5.32 Å². The highest BCUT2D eigenvalue weighted by Gasteiger charge is 2.02. The molecule has 0 unspecified atom stereocenters. The number of nitrogens with zero attached hydrogens (tertiary/aromatic N) is 3. The Labute approximate surface area is 111 Å². The van der Waals surface area contributed by atoms with Gasteiger partial charge in [-0.25, -0.2) is 14.5 Å². The zero-order chi connectivity index (χ0) is 13.5. The molecule has 19 heavy (non-hydrogen) atoms. The molecular weight excluding hydrogens is 244 g/mol. The van der Waals surface area contributed by atoms with Gasteiger partial charge in [-0.2, -0.15) is 5.10 Å². The van der Waals surface area contributed by atoms with E-state index in [4.69, 9.17) is 4.74 Å². The van der Waals surface area contributed by atoms with Crippen LogP contribution in [-0.2, 0) is 11.3 Å². The Balaban J connectivity index is 1.87. The van der Waals surface area contributed by atoms with Crippen molar-refractivity contribution in [2.45, 2.75) is 19.9 Å². The van der Waals surface area contributed by atoms with Crippen LogP contribution in [0.15, 0.2) is 36.9 Å². The third kappa shape index (κ3) is 3.80. The Hall–Kier alpha value is -2.37. The van der Waals surface area contributed by atoms with E-state index in [0.29, 0.717) is 13.2 Å². The molecule has 0 saturated heterocycles. The molecule has 0 aliphatic rings. The fourth-order valence-electron chi connectivity index (χ4n) is 1.53. The average Bonchev–Trinajstić information content (AvgIpc) is 2.97. The molecule has 1 aromatic heterocycles. The number of alkyl carbamates (subject to hydrolysis) is 1. The van der Waals surface area contributed by atoms with E-state index in [0.717, 1.165) is 17.7 Å². The lowest BCUT2D eigenvalue weighted by Crippen LogP contribution is -2.23. The number of rotatable bonds is 5. The van der Waals surface area contributed by atoms with Gasteiger partial charge in [-0.15, -0.1) is 0 Å². The largest absolute Gasteiger partial charge is 0.450 e. The van der Waals surface area contributed by atoms with Crippen molar-refractivity contribution < 1.29 is 9.53 Å². The van der Waals surface area contributed by atoms with Gasteiger partial charge in [-0.05, 0) is 24.1 Å². The van der Waals surface area contributed by atoms with E-state index >= 15 is 0 Å². The van der Waals surface area contributed by atoms with Crippen LogP contribution in [0.1, 0.15) is 18.9 Å². The van der Waals surface area contributed by atoms with Crippen molar-refractivity contribution in [2.24, 2.45) is 0 Å². The van der Waals surface area contributed by atoms with Crippen LogP contribution >= 0.6 is 0 Å². The number of carbonyl (C=O) groups excluding carboxylic acids is 1. The van der Waals surface area contributed by atoms with Gasteiger partial charge < -0.3 is 10.1 Å². The van der Waals surface area contributed by atoms with E-state index in [1.165, 1.54) is 6.33 Å². The first kappa shape index (κ1) is 13.1. The highest BCUT2D eigenvalue weighted by Crippen LogP contribution is 2.07. The van der Waals surface area contributed by atoms with Gasteiger partial charge in [0.15, 0.2) is 0 Å². The van der Waals surface area contributed by atoms with Crippen LogP contribution in [0.2, 0.25) is 0 Å². The molecule has 0 saturated carbocycles. The quantitative estimate of drug-likeness (QED) is 0.891. The van der Waals surface area contributed by atoms with E-state index in [1.54, 1.807) is 11.0 Å². The molecule has 0 aliphatic carbocycles. The molecule has 0 fully saturated rings. The lowest BCUT2D eigenvalue weighted by Gasteiger charge is -2.07. The fourth-order valence-corrected chi connectivity index (χ4v) is 1.53. The molecule has 100 valence electrons. The summed E-state index contributed by atoms with van der Waals surface area (Å²) >= 11 is 0. The molecule has 1 heterocycles. The smallest absolute Gasteiger partial charge is 0.407 e. The van der Waals surface area contributed by atoms with E-state index in [-0.39, 0.29) is 6.09 Å². The Morgan fingerprint density at radius 1 is 1.37 bits per heavy atom. The molecule has 0 atom stereocenters. The predicted molar refractivity (Wildman–Crippen MR) is 69.8 cm³/mol. The van der Waals surface area contributed by atoms with E-state index in [1.807, 2.05) is 31.2 Å². The monoisotopic (exact) mass is 260 g/mol. The van der Waals surface area contributed by atoms with Gasteiger partial charge in [0.1, 0.15) is 12.7 Å². The highest BCUT2D eigenvalue weighted by atomic mass is 16.5. The molecule has 0 radical (unpaired) electrons. The van der Waals surface area contributed by atoms with Crippen molar-refractivity contribution in [1.82, 2.24) is 20.1 Å². The molecule has 1 aromatic carbocycles. The van der Waals surface area contributed by atoms with Crippen molar-refractivity contribution in [2.75, 3.05) is 6.61 Å². The number of aromatic nitrogens is 3. The molecule has 0 aliphatic heterocycles. The third-order valence-corrected chi connectivity index (χ3v) is 2.49. The summed E-state index contributed by atoms with van der Waals surface area (Å²) in [7, 11) is 0. The van der Waals surface area contributed by atoms with Crippen molar-refractivity contribution in [3.63, 3.8) is 0 Å². The second-order valence-corrected chi connectivity index (χ2v) is 4.00. The second kappa shape index (κ2) is 6.53. The van der Waals surface area contributed by atoms with Crippen molar-refractivity contribution in [3.8, 4) is 5.69 Å². The number of benzene rings is 1. The molecule has 2 aromatic rings. The summed E-state index contributed by atoms with van der Waals surface area (Å²) in [5.41, 5.74) is 1.92. The van der Waals surface area contributed by atoms with Gasteiger partial charge >= 0.3 is 6.09 Å². The van der Waals surface area contributed by atoms with Crippen LogP contribution in [-0.4, -0.2) is 27.5 Å². The molecule has 2 rings (SSSR count). The molecular formula is C13H16N4O2. The molecule has 0 spiro atoms. The number of carbonyl (C=O) groups is 1. The minimum absolute atomic E-state index is 0.387. The Morgan fingerprint density at radius 3 is 2.79 bits per heavy atom. The number of hydrogen-bond acceptors (Lipinski definition) is 4. The van der Waals surface area contributed by atoms with E-state index < -0.39 is 0 Å². The van der Waals surface area contributed by atoms with Crippen LogP contribution in [0, 0.1) is 0 Å². The number of ether oxygens (including phenoxy) is 1. The fraction of sp³-hybridized carbons (Fsp3) is 0.308. The molecule has 1 N–H and O–H groups in total. The van der Waals surface area contributed by atoms with Gasteiger partial charge in [0, 0.05) is 6.54 Å². The van der Waals surface area contributed by atoms with Crippen molar-refractivity contribution in [3.05, 3.63) is 42.5 Å². The van der Waals surface area contributed by atoms with Crippen molar-refractivity contribution >= 4 is 6.09 Å². The van der Waals surface area contributed by atoms with E-state index in [9.17, 15) is 4.79 Å². The maximum Gasteiger partial charge on any atom is 0.407 e. The normalized spacial score (nSPS) is 10.2. The summed E-state index contributed by atoms with van der Waals surface area (Å²) in [5, 5.41) is 6.73. The molecule has 0 bridgehead atoms. The summed E-state index contributed by atoms with van der Waals surface area (Å²) in [4.78, 5) is 15.2. The van der Waals surface area contributed by atoms with Crippen LogP contribution in [0.25, 0.3) is 5.69 Å². The predicted octanol–water partition coefficient (Wildman–Crippen LogP) is 1.90. The van der Waals surface area contributed by atoms with Gasteiger partial charge in [0.2, 0.25) is 0 Å². The zero-order valence-corrected chi connectivity index (χ0v) is 10.7. The Morgan fingerprint density at radius 2 is 2.16 bits per heavy atom. The topological polar surface area (TPSA) is 69.0 Å². The summed E-state index contributed by atoms with van der Waals surface area (Å²) in [6.07, 6.45) is 3.55. The summed E-state index contributed by atoms with van der Waals surface area (Å²) in [6.45, 7) is 2.84.